The minimum Gasteiger partial charge on any atom is -0.491 e. The van der Waals surface area contributed by atoms with Gasteiger partial charge in [-0.15, -0.1) is 0 Å². The van der Waals surface area contributed by atoms with E-state index < -0.39 is 63.7 Å². The summed E-state index contributed by atoms with van der Waals surface area (Å²) < 4.78 is 103. The number of rotatable bonds is 9. The molecule has 0 saturated heterocycles. The molecule has 0 bridgehead atoms. The van der Waals surface area contributed by atoms with Crippen molar-refractivity contribution >= 4 is 11.5 Å². The summed E-state index contributed by atoms with van der Waals surface area (Å²) in [5, 5.41) is 0. The van der Waals surface area contributed by atoms with Gasteiger partial charge in [0, 0.05) is 16.7 Å². The lowest BCUT2D eigenvalue weighted by molar-refractivity contribution is -0.139. The van der Waals surface area contributed by atoms with Crippen LogP contribution >= 0.6 is 0 Å². The number of carbonyl (C=O) groups is 1. The molecule has 0 radical (unpaired) electrons. The van der Waals surface area contributed by atoms with Gasteiger partial charge in [-0.25, -0.2) is 13.2 Å². The first-order valence-corrected chi connectivity index (χ1v) is 12.8. The number of ether oxygens (including phenoxy) is 3. The molecular formula is C30H26F6O4. The predicted octanol–water partition coefficient (Wildman–Crippen LogP) is 8.16. The number of hydrogen-bond acceptors (Lipinski definition) is 4. The third-order valence-electron chi connectivity index (χ3n) is 6.49. The van der Waals surface area contributed by atoms with Crippen LogP contribution in [0.3, 0.4) is 0 Å². The molecular weight excluding hydrogens is 538 g/mol. The van der Waals surface area contributed by atoms with Crippen LogP contribution < -0.4 is 14.2 Å². The van der Waals surface area contributed by atoms with Gasteiger partial charge in [0.1, 0.15) is 0 Å². The SMILES string of the molecule is CCCOc1ccc(OC(=O)C2CC=C(c3ccc(-c4ccc(OCC)c(F)c4F)c(F)c3F)CC2)c(F)c1F. The molecule has 3 aromatic rings. The molecule has 1 atom stereocenters. The van der Waals surface area contributed by atoms with Gasteiger partial charge in [-0.2, -0.15) is 13.2 Å². The first-order chi connectivity index (χ1) is 19.2. The standard InChI is InChI=1S/C30H26F6O4/c1-3-15-39-22-13-14-23(29(36)28(22)35)40-30(37)17-7-5-16(6-8-17)18-9-10-19(25(32)24(18)31)20-11-12-21(38-4-2)27(34)26(20)33/h5,9-14,17H,3-4,6-8,15H2,1-2H3. The van der Waals surface area contributed by atoms with Crippen LogP contribution in [0.25, 0.3) is 16.7 Å². The highest BCUT2D eigenvalue weighted by molar-refractivity contribution is 5.78. The van der Waals surface area contributed by atoms with Crippen LogP contribution in [0, 0.1) is 40.8 Å². The first-order valence-electron chi connectivity index (χ1n) is 12.8. The largest absolute Gasteiger partial charge is 0.491 e. The molecule has 0 amide bonds. The molecule has 4 nitrogen and oxygen atoms in total. The van der Waals surface area contributed by atoms with Crippen LogP contribution in [-0.4, -0.2) is 19.2 Å². The molecule has 1 aliphatic carbocycles. The Balaban J connectivity index is 1.49. The molecule has 0 heterocycles. The maximum absolute atomic E-state index is 15.1. The Kier molecular flexibility index (Phi) is 9.07. The van der Waals surface area contributed by atoms with E-state index >= 15 is 8.78 Å². The monoisotopic (exact) mass is 564 g/mol. The van der Waals surface area contributed by atoms with Crippen molar-refractivity contribution in [2.24, 2.45) is 5.92 Å². The van der Waals surface area contributed by atoms with E-state index in [0.29, 0.717) is 12.0 Å². The van der Waals surface area contributed by atoms with Crippen molar-refractivity contribution in [2.75, 3.05) is 13.2 Å². The number of benzene rings is 3. The molecule has 1 unspecified atom stereocenters. The van der Waals surface area contributed by atoms with Crippen LogP contribution in [0.4, 0.5) is 26.3 Å². The molecule has 4 rings (SSSR count). The van der Waals surface area contributed by atoms with Crippen LogP contribution in [0.1, 0.15) is 45.1 Å². The minimum absolute atomic E-state index is 0.0809. The van der Waals surface area contributed by atoms with E-state index in [4.69, 9.17) is 14.2 Å². The third kappa shape index (κ3) is 5.80. The molecule has 0 fully saturated rings. The Bertz CT molecular complexity index is 1450. The second kappa shape index (κ2) is 12.5. The number of hydrogen-bond donors (Lipinski definition) is 0. The number of carbonyl (C=O) groups excluding carboxylic acids is 1. The van der Waals surface area contributed by atoms with E-state index in [2.05, 4.69) is 0 Å². The molecule has 10 heteroatoms. The summed E-state index contributed by atoms with van der Waals surface area (Å²) in [6, 6.07) is 6.93. The smallest absolute Gasteiger partial charge is 0.314 e. The maximum atomic E-state index is 15.1. The summed E-state index contributed by atoms with van der Waals surface area (Å²) >= 11 is 0. The Morgan fingerprint density at radius 2 is 1.25 bits per heavy atom. The summed E-state index contributed by atoms with van der Waals surface area (Å²) in [6.07, 6.45) is 2.54. The van der Waals surface area contributed by atoms with Crippen LogP contribution in [-0.2, 0) is 4.79 Å². The van der Waals surface area contributed by atoms with E-state index in [9.17, 15) is 22.4 Å². The van der Waals surface area contributed by atoms with Crippen molar-refractivity contribution in [3.05, 3.63) is 82.9 Å². The molecule has 0 saturated carbocycles. The summed E-state index contributed by atoms with van der Waals surface area (Å²) in [5.74, 6) is -10.6. The van der Waals surface area contributed by atoms with Crippen molar-refractivity contribution in [3.63, 3.8) is 0 Å². The second-order valence-corrected chi connectivity index (χ2v) is 9.12. The third-order valence-corrected chi connectivity index (χ3v) is 6.49. The van der Waals surface area contributed by atoms with Crippen LogP contribution in [0.15, 0.2) is 42.5 Å². The summed E-state index contributed by atoms with van der Waals surface area (Å²) in [7, 11) is 0. The average molecular weight is 565 g/mol. The second-order valence-electron chi connectivity index (χ2n) is 9.12. The normalized spacial score (nSPS) is 15.0. The van der Waals surface area contributed by atoms with Gasteiger partial charge >= 0.3 is 5.97 Å². The Morgan fingerprint density at radius 3 is 1.90 bits per heavy atom. The average Bonchev–Trinajstić information content (AvgIpc) is 2.95. The van der Waals surface area contributed by atoms with E-state index in [1.807, 2.05) is 0 Å². The first kappa shape index (κ1) is 29.0. The molecule has 3 aromatic carbocycles. The maximum Gasteiger partial charge on any atom is 0.314 e. The predicted molar refractivity (Wildman–Crippen MR) is 136 cm³/mol. The fraction of sp³-hybridized carbons (Fsp3) is 0.300. The fourth-order valence-electron chi connectivity index (χ4n) is 4.41. The molecule has 40 heavy (non-hydrogen) atoms. The zero-order valence-corrected chi connectivity index (χ0v) is 21.8. The van der Waals surface area contributed by atoms with Gasteiger partial charge in [0.15, 0.2) is 34.7 Å². The van der Waals surface area contributed by atoms with Gasteiger partial charge in [0.2, 0.25) is 17.5 Å². The zero-order chi connectivity index (χ0) is 29.0. The Morgan fingerprint density at radius 1 is 0.725 bits per heavy atom. The fourth-order valence-corrected chi connectivity index (χ4v) is 4.41. The lowest BCUT2D eigenvalue weighted by Gasteiger charge is -2.22. The summed E-state index contributed by atoms with van der Waals surface area (Å²) in [4.78, 5) is 12.6. The van der Waals surface area contributed by atoms with E-state index in [1.54, 1.807) is 13.8 Å². The van der Waals surface area contributed by atoms with Crippen molar-refractivity contribution in [1.29, 1.82) is 0 Å². The van der Waals surface area contributed by atoms with Gasteiger partial charge in [0.05, 0.1) is 19.1 Å². The molecule has 0 spiro atoms. The summed E-state index contributed by atoms with van der Waals surface area (Å²) in [5.41, 5.74) is -0.604. The molecule has 0 N–H and O–H groups in total. The van der Waals surface area contributed by atoms with Gasteiger partial charge in [-0.1, -0.05) is 25.1 Å². The van der Waals surface area contributed by atoms with Crippen molar-refractivity contribution in [1.82, 2.24) is 0 Å². The Hall–Kier alpha value is -3.95. The number of halogens is 6. The van der Waals surface area contributed by atoms with Gasteiger partial charge in [-0.3, -0.25) is 4.79 Å². The van der Waals surface area contributed by atoms with E-state index in [-0.39, 0.29) is 49.5 Å². The number of allylic oxidation sites excluding steroid dienone is 2. The van der Waals surface area contributed by atoms with Gasteiger partial charge < -0.3 is 14.2 Å². The topological polar surface area (TPSA) is 44.8 Å². The minimum atomic E-state index is -1.37. The summed E-state index contributed by atoms with van der Waals surface area (Å²) in [6.45, 7) is 3.68. The van der Waals surface area contributed by atoms with Crippen molar-refractivity contribution < 1.29 is 45.3 Å². The highest BCUT2D eigenvalue weighted by atomic mass is 19.2. The van der Waals surface area contributed by atoms with E-state index in [1.165, 1.54) is 18.2 Å². The number of esters is 1. The molecule has 1 aliphatic rings. The van der Waals surface area contributed by atoms with Gasteiger partial charge in [0.25, 0.3) is 0 Å². The Labute approximate surface area is 227 Å². The zero-order valence-electron chi connectivity index (χ0n) is 21.8. The lowest BCUT2D eigenvalue weighted by Crippen LogP contribution is -2.23. The van der Waals surface area contributed by atoms with Crippen LogP contribution in [0.2, 0.25) is 0 Å². The van der Waals surface area contributed by atoms with Crippen molar-refractivity contribution in [2.45, 2.75) is 39.5 Å². The molecule has 0 aliphatic heterocycles. The highest BCUT2D eigenvalue weighted by Crippen LogP contribution is 2.38. The lowest BCUT2D eigenvalue weighted by atomic mass is 9.86. The van der Waals surface area contributed by atoms with Crippen molar-refractivity contribution in [3.8, 4) is 28.4 Å². The molecule has 0 aromatic heterocycles. The van der Waals surface area contributed by atoms with E-state index in [0.717, 1.165) is 24.3 Å². The highest BCUT2D eigenvalue weighted by Gasteiger charge is 2.28. The van der Waals surface area contributed by atoms with Gasteiger partial charge in [-0.05, 0) is 62.4 Å². The quantitative estimate of drug-likeness (QED) is 0.149. The van der Waals surface area contributed by atoms with Crippen LogP contribution in [0.5, 0.6) is 17.2 Å². The molecule has 212 valence electrons.